The molecule has 0 amide bonds. The Morgan fingerprint density at radius 3 is 2.85 bits per heavy atom. The molecule has 9 nitrogen and oxygen atoms in total. The molecule has 0 radical (unpaired) electrons. The maximum absolute atomic E-state index is 15.2. The van der Waals surface area contributed by atoms with Crippen molar-refractivity contribution in [2.45, 2.75) is 43.2 Å². The fourth-order valence-electron chi connectivity index (χ4n) is 4.84. The molecule has 1 saturated heterocycles. The van der Waals surface area contributed by atoms with Gasteiger partial charge in [-0.15, -0.1) is 0 Å². The van der Waals surface area contributed by atoms with Crippen LogP contribution in [-0.4, -0.2) is 45.6 Å². The molecule has 0 aliphatic carbocycles. The molecule has 0 bridgehead atoms. The van der Waals surface area contributed by atoms with Crippen LogP contribution in [-0.2, 0) is 17.1 Å². The predicted octanol–water partition coefficient (Wildman–Crippen LogP) is 3.51. The molecule has 3 atom stereocenters. The second-order valence-corrected chi connectivity index (χ2v) is 11.0. The van der Waals surface area contributed by atoms with Gasteiger partial charge in [0.15, 0.2) is 0 Å². The first-order valence-electron chi connectivity index (χ1n) is 10.8. The number of ether oxygens (including phenoxy) is 1. The monoisotopic (exact) mass is 492 g/mol. The summed E-state index contributed by atoms with van der Waals surface area (Å²) in [5, 5.41) is 4.42. The standard InChI is InChI=1S/C21H25FN6O3S2/c1-13-4-7-28(18(9-13)17-3-6-24-27(17)2)16-5-8-31-19-11-20(15(22)10-14(16)19)33(29,30)26-21-23-12-25-32-21/h3,6,10-13,16,18H,4-5,7-9H2,1-2H3,(H,23,25,26)/t13-,16-,18+/m0/s1. The number of nitrogens with zero attached hydrogens (tertiary/aromatic N) is 5. The number of benzene rings is 1. The summed E-state index contributed by atoms with van der Waals surface area (Å²) in [7, 11) is -2.23. The van der Waals surface area contributed by atoms with Crippen molar-refractivity contribution in [3.05, 3.63) is 47.8 Å². The summed E-state index contributed by atoms with van der Waals surface area (Å²) < 4.78 is 54.5. The van der Waals surface area contributed by atoms with Gasteiger partial charge in [-0.2, -0.15) is 9.47 Å². The van der Waals surface area contributed by atoms with E-state index >= 15 is 4.39 Å². The van der Waals surface area contributed by atoms with Gasteiger partial charge in [-0.3, -0.25) is 14.3 Å². The first kappa shape index (κ1) is 22.2. The molecule has 4 heterocycles. The van der Waals surface area contributed by atoms with Crippen molar-refractivity contribution >= 4 is 26.7 Å². The molecular weight excluding hydrogens is 467 g/mol. The third kappa shape index (κ3) is 4.22. The van der Waals surface area contributed by atoms with E-state index in [1.807, 2.05) is 17.8 Å². The Kier molecular flexibility index (Phi) is 5.83. The van der Waals surface area contributed by atoms with Crippen LogP contribution in [0, 0.1) is 11.7 Å². The fourth-order valence-corrected chi connectivity index (χ4v) is 6.58. The molecule has 0 unspecified atom stereocenters. The van der Waals surface area contributed by atoms with Crippen LogP contribution in [0.15, 0.2) is 35.6 Å². The van der Waals surface area contributed by atoms with Crippen LogP contribution < -0.4 is 9.46 Å². The molecule has 3 aromatic rings. The smallest absolute Gasteiger partial charge is 0.266 e. The number of halogens is 1. The van der Waals surface area contributed by atoms with Crippen molar-refractivity contribution in [1.82, 2.24) is 24.0 Å². The second kappa shape index (κ2) is 8.65. The lowest BCUT2D eigenvalue weighted by atomic mass is 9.87. The fraction of sp³-hybridized carbons (Fsp3) is 0.476. The predicted molar refractivity (Wildman–Crippen MR) is 121 cm³/mol. The molecule has 1 fully saturated rings. The maximum atomic E-state index is 15.2. The molecule has 176 valence electrons. The Morgan fingerprint density at radius 2 is 2.12 bits per heavy atom. The van der Waals surface area contributed by atoms with Gasteiger partial charge in [0.25, 0.3) is 10.0 Å². The van der Waals surface area contributed by atoms with E-state index in [-0.39, 0.29) is 17.2 Å². The SMILES string of the molecule is C[C@H]1CCN([C@H]2CCOc3cc(S(=O)(=O)Nc4ncns4)c(F)cc32)[C@@H](c2ccnn2C)C1. The Hall–Kier alpha value is -2.57. The molecule has 5 rings (SSSR count). The van der Waals surface area contributed by atoms with Crippen LogP contribution in [0.5, 0.6) is 5.75 Å². The number of likely N-dealkylation sites (tertiary alicyclic amines) is 1. The number of fused-ring (bicyclic) bond motifs is 1. The molecular formula is C21H25FN6O3S2. The van der Waals surface area contributed by atoms with Crippen LogP contribution in [0.2, 0.25) is 0 Å². The van der Waals surface area contributed by atoms with Crippen molar-refractivity contribution < 1.29 is 17.5 Å². The van der Waals surface area contributed by atoms with Crippen LogP contribution in [0.25, 0.3) is 0 Å². The molecule has 0 spiro atoms. The highest BCUT2D eigenvalue weighted by molar-refractivity contribution is 7.93. The van der Waals surface area contributed by atoms with Crippen LogP contribution >= 0.6 is 11.5 Å². The van der Waals surface area contributed by atoms with Crippen LogP contribution in [0.3, 0.4) is 0 Å². The van der Waals surface area contributed by atoms with E-state index in [9.17, 15) is 8.42 Å². The van der Waals surface area contributed by atoms with Gasteiger partial charge < -0.3 is 4.74 Å². The number of anilines is 1. The number of sulfonamides is 1. The lowest BCUT2D eigenvalue weighted by molar-refractivity contribution is 0.0448. The Labute approximate surface area is 195 Å². The summed E-state index contributed by atoms with van der Waals surface area (Å²) in [4.78, 5) is 5.74. The lowest BCUT2D eigenvalue weighted by Gasteiger charge is -2.45. The number of nitrogens with one attached hydrogen (secondary N) is 1. The van der Waals surface area contributed by atoms with Crippen molar-refractivity contribution in [2.24, 2.45) is 13.0 Å². The average Bonchev–Trinajstić information content (AvgIpc) is 3.44. The van der Waals surface area contributed by atoms with E-state index in [4.69, 9.17) is 4.74 Å². The second-order valence-electron chi connectivity index (χ2n) is 8.59. The Morgan fingerprint density at radius 1 is 1.27 bits per heavy atom. The number of rotatable bonds is 5. The summed E-state index contributed by atoms with van der Waals surface area (Å²) in [6, 6.07) is 4.69. The van der Waals surface area contributed by atoms with Gasteiger partial charge in [0.2, 0.25) is 5.13 Å². The first-order valence-corrected chi connectivity index (χ1v) is 13.1. The maximum Gasteiger partial charge on any atom is 0.266 e. The number of piperidine rings is 1. The zero-order chi connectivity index (χ0) is 23.2. The van der Waals surface area contributed by atoms with Crippen LogP contribution in [0.4, 0.5) is 9.52 Å². The lowest BCUT2D eigenvalue weighted by Crippen LogP contribution is -2.41. The van der Waals surface area contributed by atoms with Crippen LogP contribution in [0.1, 0.15) is 49.5 Å². The summed E-state index contributed by atoms with van der Waals surface area (Å²) in [6.07, 6.45) is 5.75. The minimum Gasteiger partial charge on any atom is -0.493 e. The van der Waals surface area contributed by atoms with Gasteiger partial charge in [-0.25, -0.2) is 17.8 Å². The van der Waals surface area contributed by atoms with Gasteiger partial charge >= 0.3 is 0 Å². The molecule has 0 saturated carbocycles. The molecule has 2 aliphatic heterocycles. The summed E-state index contributed by atoms with van der Waals surface area (Å²) in [6.45, 7) is 3.54. The zero-order valence-corrected chi connectivity index (χ0v) is 19.9. The first-order chi connectivity index (χ1) is 15.8. The third-order valence-electron chi connectivity index (χ3n) is 6.45. The van der Waals surface area contributed by atoms with E-state index in [0.29, 0.717) is 30.3 Å². The zero-order valence-electron chi connectivity index (χ0n) is 18.3. The van der Waals surface area contributed by atoms with Crippen molar-refractivity contribution in [3.63, 3.8) is 0 Å². The van der Waals surface area contributed by atoms with Gasteiger partial charge in [-0.1, -0.05) is 6.92 Å². The van der Waals surface area contributed by atoms with Gasteiger partial charge in [0, 0.05) is 48.9 Å². The molecule has 1 aromatic carbocycles. The van der Waals surface area contributed by atoms with E-state index in [1.54, 1.807) is 6.20 Å². The number of aryl methyl sites for hydroxylation is 1. The van der Waals surface area contributed by atoms with E-state index in [0.717, 1.165) is 36.6 Å². The number of aromatic nitrogens is 4. The molecule has 2 aliphatic rings. The molecule has 33 heavy (non-hydrogen) atoms. The third-order valence-corrected chi connectivity index (χ3v) is 8.51. The summed E-state index contributed by atoms with van der Waals surface area (Å²) >= 11 is 0.880. The number of hydrogen-bond donors (Lipinski definition) is 1. The Bertz CT molecular complexity index is 1250. The van der Waals surface area contributed by atoms with Crippen molar-refractivity contribution in [2.75, 3.05) is 17.9 Å². The topological polar surface area (TPSA) is 102 Å². The molecule has 12 heteroatoms. The summed E-state index contributed by atoms with van der Waals surface area (Å²) in [5.74, 6) is 0.146. The highest BCUT2D eigenvalue weighted by Crippen LogP contribution is 2.45. The average molecular weight is 493 g/mol. The minimum atomic E-state index is -4.17. The highest BCUT2D eigenvalue weighted by Gasteiger charge is 2.38. The summed E-state index contributed by atoms with van der Waals surface area (Å²) in [5.41, 5.74) is 1.80. The highest BCUT2D eigenvalue weighted by atomic mass is 32.2. The van der Waals surface area contributed by atoms with E-state index in [2.05, 4.69) is 31.0 Å². The minimum absolute atomic E-state index is 0.0763. The van der Waals surface area contributed by atoms with Crippen molar-refractivity contribution in [3.8, 4) is 5.75 Å². The molecule has 2 aromatic heterocycles. The van der Waals surface area contributed by atoms with E-state index in [1.165, 1.54) is 18.5 Å². The number of hydrogen-bond acceptors (Lipinski definition) is 8. The van der Waals surface area contributed by atoms with Gasteiger partial charge in [0.1, 0.15) is 22.8 Å². The Balaban J connectivity index is 1.50. The van der Waals surface area contributed by atoms with Crippen molar-refractivity contribution in [1.29, 1.82) is 0 Å². The quantitative estimate of drug-likeness (QED) is 0.581. The van der Waals surface area contributed by atoms with E-state index < -0.39 is 20.7 Å². The van der Waals surface area contributed by atoms with Gasteiger partial charge in [0.05, 0.1) is 18.3 Å². The van der Waals surface area contributed by atoms with Gasteiger partial charge in [-0.05, 0) is 37.4 Å². The molecule has 1 N–H and O–H groups in total. The largest absolute Gasteiger partial charge is 0.493 e. The normalized spacial score (nSPS) is 23.7.